The molecule has 76 heavy (non-hydrogen) atoms. The molecule has 12 heteroatoms. The van der Waals surface area contributed by atoms with E-state index >= 15 is 0 Å². The molecule has 400 valence electrons. The zero-order valence-corrected chi connectivity index (χ0v) is 44.3. The standard InChI is InChI=1S/C40H42O7.C16H12O2.C8H18O3/c1-3-26-46-27-36(23-25-38(42)30-16-20-34(21-17-30)40(44)32-12-8-5-9-13-32)47-28-35(45-2)22-24-37(41)29-14-18-33(19-15-29)39(43)31-10-6-4-7-11-31;1-2-15(17)12-8-10-14(11-9-12)16(18)13-6-4-3-5-7-13;1-3-4-10-7-8-11-6-5-9-2/h4-21,35-36H,3,22-28H2,1-2H3;2-11H,1H2;3-8H2,1-2H3. The lowest BCUT2D eigenvalue weighted by molar-refractivity contribution is -0.0626. The van der Waals surface area contributed by atoms with Gasteiger partial charge in [0.15, 0.2) is 34.7 Å². The van der Waals surface area contributed by atoms with Crippen molar-refractivity contribution in [2.75, 3.05) is 67.1 Å². The summed E-state index contributed by atoms with van der Waals surface area (Å²) in [5, 5.41) is 0. The highest BCUT2D eigenvalue weighted by atomic mass is 16.6. The lowest BCUT2D eigenvalue weighted by Crippen LogP contribution is -2.28. The van der Waals surface area contributed by atoms with Crippen molar-refractivity contribution in [3.05, 3.63) is 227 Å². The molecule has 0 aliphatic rings. The van der Waals surface area contributed by atoms with Gasteiger partial charge in [0, 0.05) is 90.3 Å². The van der Waals surface area contributed by atoms with Crippen molar-refractivity contribution in [1.29, 1.82) is 0 Å². The monoisotopic (exact) mass is 1030 g/mol. The largest absolute Gasteiger partial charge is 0.382 e. The normalized spacial score (nSPS) is 11.4. The fraction of sp³-hybridized carbons (Fsp3) is 0.312. The minimum Gasteiger partial charge on any atom is -0.382 e. The molecule has 0 heterocycles. The minimum atomic E-state index is -0.326. The van der Waals surface area contributed by atoms with E-state index in [4.69, 9.17) is 28.4 Å². The third kappa shape index (κ3) is 22.0. The SMILES string of the molecule is C=CC(=O)c1ccc(C(=O)c2ccccc2)cc1.CCCOCC(CCC(=O)c1ccc(C(=O)c2ccccc2)cc1)OCC(CCC(=O)c1ccc(C(=O)c2ccccc2)cc1)OC.CCCOCCOCCOC. The average Bonchev–Trinajstić information content (AvgIpc) is 3.48. The van der Waals surface area contributed by atoms with E-state index in [0.29, 0.717) is 103 Å². The summed E-state index contributed by atoms with van der Waals surface area (Å²) >= 11 is 0. The molecule has 0 saturated heterocycles. The number of methoxy groups -OCH3 is 2. The summed E-state index contributed by atoms with van der Waals surface area (Å²) in [5.41, 5.74) is 5.08. The number of carbonyl (C=O) groups is 6. The zero-order valence-electron chi connectivity index (χ0n) is 44.3. The third-order valence-electron chi connectivity index (χ3n) is 11.7. The molecule has 2 unspecified atom stereocenters. The molecular weight excluding hydrogens is 961 g/mol. The van der Waals surface area contributed by atoms with E-state index in [9.17, 15) is 28.8 Å². The molecule has 0 aliphatic heterocycles. The van der Waals surface area contributed by atoms with Gasteiger partial charge in [-0.1, -0.05) is 184 Å². The highest BCUT2D eigenvalue weighted by molar-refractivity contribution is 6.11. The van der Waals surface area contributed by atoms with Crippen molar-refractivity contribution in [3.63, 3.8) is 0 Å². The van der Waals surface area contributed by atoms with Gasteiger partial charge in [0.2, 0.25) is 0 Å². The van der Waals surface area contributed by atoms with Crippen LogP contribution in [0.5, 0.6) is 0 Å². The molecule has 6 aromatic carbocycles. The molecule has 0 spiro atoms. The van der Waals surface area contributed by atoms with Crippen LogP contribution in [0.3, 0.4) is 0 Å². The summed E-state index contributed by atoms with van der Waals surface area (Å²) in [6.45, 7) is 12.2. The van der Waals surface area contributed by atoms with E-state index in [1.807, 2.05) is 61.5 Å². The highest BCUT2D eigenvalue weighted by Gasteiger charge is 2.19. The van der Waals surface area contributed by atoms with Gasteiger partial charge in [-0.05, 0) is 31.8 Å². The Morgan fingerprint density at radius 2 is 0.750 bits per heavy atom. The molecular formula is C64H72O12. The van der Waals surface area contributed by atoms with E-state index in [2.05, 4.69) is 13.5 Å². The number of ketones is 6. The molecule has 0 aliphatic carbocycles. The second kappa shape index (κ2) is 35.9. The first-order valence-corrected chi connectivity index (χ1v) is 25.7. The molecule has 12 nitrogen and oxygen atoms in total. The van der Waals surface area contributed by atoms with Gasteiger partial charge in [-0.3, -0.25) is 28.8 Å². The van der Waals surface area contributed by atoms with Gasteiger partial charge in [-0.15, -0.1) is 0 Å². The highest BCUT2D eigenvalue weighted by Crippen LogP contribution is 2.18. The third-order valence-corrected chi connectivity index (χ3v) is 11.7. The molecule has 6 rings (SSSR count). The first-order valence-electron chi connectivity index (χ1n) is 25.7. The number of benzene rings is 6. The van der Waals surface area contributed by atoms with Crippen LogP contribution in [0.1, 0.15) is 131 Å². The maximum absolute atomic E-state index is 13.0. The van der Waals surface area contributed by atoms with Crippen LogP contribution < -0.4 is 0 Å². The Morgan fingerprint density at radius 3 is 1.13 bits per heavy atom. The maximum Gasteiger partial charge on any atom is 0.193 e. The van der Waals surface area contributed by atoms with Gasteiger partial charge in [0.25, 0.3) is 0 Å². The molecule has 0 aromatic heterocycles. The quantitative estimate of drug-likeness (QED) is 0.0224. The molecule has 0 fully saturated rings. The van der Waals surface area contributed by atoms with Crippen molar-refractivity contribution in [3.8, 4) is 0 Å². The molecule has 0 amide bonds. The summed E-state index contributed by atoms with van der Waals surface area (Å²) < 4.78 is 32.7. The van der Waals surface area contributed by atoms with Gasteiger partial charge in [-0.2, -0.15) is 0 Å². The fourth-order valence-electron chi connectivity index (χ4n) is 7.36. The van der Waals surface area contributed by atoms with Gasteiger partial charge < -0.3 is 28.4 Å². The predicted molar refractivity (Wildman–Crippen MR) is 296 cm³/mol. The number of hydrogen-bond acceptors (Lipinski definition) is 12. The summed E-state index contributed by atoms with van der Waals surface area (Å²) in [7, 11) is 3.25. The van der Waals surface area contributed by atoms with Crippen molar-refractivity contribution in [2.45, 2.75) is 64.6 Å². The molecule has 0 saturated carbocycles. The Labute approximate surface area is 448 Å². The van der Waals surface area contributed by atoms with Crippen molar-refractivity contribution < 1.29 is 57.2 Å². The lowest BCUT2D eigenvalue weighted by atomic mass is 9.99. The van der Waals surface area contributed by atoms with Crippen molar-refractivity contribution >= 4 is 34.7 Å². The van der Waals surface area contributed by atoms with Crippen LogP contribution in [0.2, 0.25) is 0 Å². The van der Waals surface area contributed by atoms with Crippen LogP contribution in [0.25, 0.3) is 0 Å². The Hall–Kier alpha value is -7.16. The number of carbonyl (C=O) groups excluding carboxylic acids is 6. The van der Waals surface area contributed by atoms with E-state index in [0.717, 1.165) is 19.4 Å². The van der Waals surface area contributed by atoms with E-state index in [1.54, 1.807) is 123 Å². The Morgan fingerprint density at radius 1 is 0.408 bits per heavy atom. The Balaban J connectivity index is 0.000000348. The van der Waals surface area contributed by atoms with E-state index < -0.39 is 0 Å². The van der Waals surface area contributed by atoms with Crippen LogP contribution in [0.4, 0.5) is 0 Å². The zero-order chi connectivity index (χ0) is 54.8. The van der Waals surface area contributed by atoms with Gasteiger partial charge in [0.05, 0.1) is 51.8 Å². The van der Waals surface area contributed by atoms with Crippen molar-refractivity contribution in [1.82, 2.24) is 0 Å². The predicted octanol–water partition coefficient (Wildman–Crippen LogP) is 12.0. The Kier molecular flexibility index (Phi) is 29.0. The average molecular weight is 1030 g/mol. The number of ether oxygens (including phenoxy) is 6. The first kappa shape index (κ1) is 61.4. The number of Topliss-reactive ketones (excluding diaryl/α,β-unsaturated/α-hetero) is 2. The van der Waals surface area contributed by atoms with Crippen LogP contribution in [0, 0.1) is 0 Å². The first-order chi connectivity index (χ1) is 37.0. The van der Waals surface area contributed by atoms with Crippen LogP contribution in [0.15, 0.2) is 176 Å². The second-order valence-corrected chi connectivity index (χ2v) is 17.4. The molecule has 2 atom stereocenters. The van der Waals surface area contributed by atoms with Crippen LogP contribution >= 0.6 is 0 Å². The molecule has 0 radical (unpaired) electrons. The molecule has 0 N–H and O–H groups in total. The summed E-state index contributed by atoms with van der Waals surface area (Å²) in [6, 6.07) is 47.2. The Bertz CT molecular complexity index is 2640. The topological polar surface area (TPSA) is 158 Å². The fourth-order valence-corrected chi connectivity index (χ4v) is 7.36. The van der Waals surface area contributed by atoms with Gasteiger partial charge >= 0.3 is 0 Å². The van der Waals surface area contributed by atoms with Gasteiger partial charge in [0.1, 0.15) is 0 Å². The summed E-state index contributed by atoms with van der Waals surface area (Å²) in [5.74, 6) is -0.460. The smallest absolute Gasteiger partial charge is 0.193 e. The number of hydrogen-bond donors (Lipinski definition) is 0. The molecule has 0 bridgehead atoms. The molecule has 6 aromatic rings. The summed E-state index contributed by atoms with van der Waals surface area (Å²) in [6.07, 6.45) is 3.96. The maximum atomic E-state index is 13.0. The van der Waals surface area contributed by atoms with Crippen molar-refractivity contribution in [2.24, 2.45) is 0 Å². The van der Waals surface area contributed by atoms with E-state index in [1.165, 1.54) is 6.08 Å². The minimum absolute atomic E-state index is 0.0434. The van der Waals surface area contributed by atoms with E-state index in [-0.39, 0.29) is 66.4 Å². The van der Waals surface area contributed by atoms with Crippen LogP contribution in [-0.4, -0.2) is 114 Å². The van der Waals surface area contributed by atoms with Crippen LogP contribution in [-0.2, 0) is 28.4 Å². The lowest BCUT2D eigenvalue weighted by Gasteiger charge is -2.22. The number of allylic oxidation sites excluding steroid dienone is 1. The van der Waals surface area contributed by atoms with Gasteiger partial charge in [-0.25, -0.2) is 0 Å². The second-order valence-electron chi connectivity index (χ2n) is 17.4. The number of rotatable bonds is 32. The summed E-state index contributed by atoms with van der Waals surface area (Å²) in [4.78, 5) is 74.7.